The number of benzene rings is 1. The van der Waals surface area contributed by atoms with Gasteiger partial charge in [0, 0.05) is 13.1 Å². The molecule has 0 radical (unpaired) electrons. The molecule has 1 aliphatic heterocycles. The first kappa shape index (κ1) is 14.7. The Kier molecular flexibility index (Phi) is 3.91. The highest BCUT2D eigenvalue weighted by Gasteiger charge is 2.36. The summed E-state index contributed by atoms with van der Waals surface area (Å²) in [5.41, 5.74) is -0.609. The first-order valence-electron chi connectivity index (χ1n) is 6.37. The van der Waals surface area contributed by atoms with Gasteiger partial charge in [-0.05, 0) is 30.5 Å². The number of hydrogen-bond donors (Lipinski definition) is 1. The third kappa shape index (κ3) is 2.88. The molecule has 0 aromatic heterocycles. The fourth-order valence-corrected chi connectivity index (χ4v) is 2.37. The summed E-state index contributed by atoms with van der Waals surface area (Å²) < 4.78 is 39.1. The van der Waals surface area contributed by atoms with E-state index in [2.05, 4.69) is 0 Å². The van der Waals surface area contributed by atoms with Crippen molar-refractivity contribution in [3.8, 4) is 6.07 Å². The number of aliphatic hydroxyl groups is 1. The van der Waals surface area contributed by atoms with E-state index in [1.807, 2.05) is 13.0 Å². The molecule has 3 nitrogen and oxygen atoms in total. The highest BCUT2D eigenvalue weighted by molar-refractivity contribution is 5.59. The second-order valence-electron chi connectivity index (χ2n) is 5.12. The summed E-state index contributed by atoms with van der Waals surface area (Å²) >= 11 is 0. The van der Waals surface area contributed by atoms with E-state index < -0.39 is 17.8 Å². The van der Waals surface area contributed by atoms with Gasteiger partial charge in [-0.1, -0.05) is 6.92 Å². The van der Waals surface area contributed by atoms with Crippen molar-refractivity contribution < 1.29 is 18.3 Å². The molecule has 1 aromatic rings. The first-order valence-corrected chi connectivity index (χ1v) is 6.37. The maximum absolute atomic E-state index is 13.0. The minimum atomic E-state index is -4.47. The Morgan fingerprint density at radius 2 is 2.10 bits per heavy atom. The lowest BCUT2D eigenvalue weighted by Crippen LogP contribution is -2.43. The normalized spacial score (nSPS) is 23.5. The zero-order valence-electron chi connectivity index (χ0n) is 11.0. The smallest absolute Gasteiger partial charge is 0.391 e. The number of β-amino-alcohol motifs (C(OH)–C–C–N with tert-alkyl or cyclic N) is 1. The minimum Gasteiger partial charge on any atom is -0.391 e. The largest absolute Gasteiger partial charge is 0.418 e. The van der Waals surface area contributed by atoms with E-state index in [4.69, 9.17) is 5.26 Å². The molecule has 0 spiro atoms. The quantitative estimate of drug-likeness (QED) is 0.862. The second-order valence-corrected chi connectivity index (χ2v) is 5.12. The van der Waals surface area contributed by atoms with Crippen LogP contribution in [0.15, 0.2) is 18.2 Å². The first-order chi connectivity index (χ1) is 9.32. The van der Waals surface area contributed by atoms with Crippen LogP contribution in [0, 0.1) is 17.2 Å². The summed E-state index contributed by atoms with van der Waals surface area (Å²) in [6.07, 6.45) is -4.51. The van der Waals surface area contributed by atoms with E-state index in [1.54, 1.807) is 0 Å². The zero-order chi connectivity index (χ0) is 14.9. The van der Waals surface area contributed by atoms with Crippen LogP contribution in [0.3, 0.4) is 0 Å². The van der Waals surface area contributed by atoms with Gasteiger partial charge in [-0.25, -0.2) is 0 Å². The van der Waals surface area contributed by atoms with Gasteiger partial charge in [0.25, 0.3) is 0 Å². The van der Waals surface area contributed by atoms with E-state index in [1.165, 1.54) is 11.0 Å². The predicted octanol–water partition coefficient (Wildman–Crippen LogP) is 2.78. The van der Waals surface area contributed by atoms with Gasteiger partial charge in [-0.15, -0.1) is 0 Å². The predicted molar refractivity (Wildman–Crippen MR) is 68.2 cm³/mol. The maximum Gasteiger partial charge on any atom is 0.418 e. The number of aliphatic hydroxyl groups excluding tert-OH is 1. The molecule has 20 heavy (non-hydrogen) atoms. The lowest BCUT2D eigenvalue weighted by atomic mass is 9.95. The number of hydrogen-bond acceptors (Lipinski definition) is 3. The number of rotatable bonds is 1. The molecule has 2 atom stereocenters. The van der Waals surface area contributed by atoms with Crippen LogP contribution < -0.4 is 4.90 Å². The van der Waals surface area contributed by atoms with Crippen molar-refractivity contribution in [1.29, 1.82) is 5.26 Å². The highest BCUT2D eigenvalue weighted by Crippen LogP contribution is 2.38. The molecule has 1 fully saturated rings. The summed E-state index contributed by atoms with van der Waals surface area (Å²) in [5.74, 6) is 0.0692. The van der Waals surface area contributed by atoms with Gasteiger partial charge in [-0.2, -0.15) is 18.4 Å². The standard InChI is InChI=1S/C14H15F3N2O/c1-9-4-5-19(8-13(9)20)12-6-10(7-18)2-3-11(12)14(15,16)17/h2-3,6,9,13,20H,4-5,8H2,1H3/t9-,13-/m1/s1. The Bertz CT molecular complexity index is 536. The van der Waals surface area contributed by atoms with Crippen LogP contribution in [0.25, 0.3) is 0 Å². The maximum atomic E-state index is 13.0. The van der Waals surface area contributed by atoms with Gasteiger partial charge in [0.2, 0.25) is 0 Å². The van der Waals surface area contributed by atoms with Gasteiger partial charge in [-0.3, -0.25) is 0 Å². The van der Waals surface area contributed by atoms with Crippen LogP contribution in [0.5, 0.6) is 0 Å². The molecule has 0 aliphatic carbocycles. The fourth-order valence-electron chi connectivity index (χ4n) is 2.37. The van der Waals surface area contributed by atoms with Gasteiger partial charge in [0.15, 0.2) is 0 Å². The molecular weight excluding hydrogens is 269 g/mol. The van der Waals surface area contributed by atoms with E-state index in [0.29, 0.717) is 13.0 Å². The molecule has 1 aromatic carbocycles. The molecule has 1 saturated heterocycles. The number of alkyl halides is 3. The summed E-state index contributed by atoms with van der Waals surface area (Å²) in [5, 5.41) is 18.7. The van der Waals surface area contributed by atoms with E-state index in [0.717, 1.165) is 12.1 Å². The molecule has 1 aliphatic rings. The van der Waals surface area contributed by atoms with Gasteiger partial charge >= 0.3 is 6.18 Å². The van der Waals surface area contributed by atoms with Crippen molar-refractivity contribution in [2.24, 2.45) is 5.92 Å². The Balaban J connectivity index is 2.41. The second kappa shape index (κ2) is 5.33. The van der Waals surface area contributed by atoms with Crippen molar-refractivity contribution in [1.82, 2.24) is 0 Å². The third-order valence-electron chi connectivity index (χ3n) is 3.69. The number of anilines is 1. The number of piperidine rings is 1. The van der Waals surface area contributed by atoms with Crippen molar-refractivity contribution in [3.05, 3.63) is 29.3 Å². The van der Waals surface area contributed by atoms with Crippen molar-refractivity contribution in [3.63, 3.8) is 0 Å². The Labute approximate surface area is 115 Å². The lowest BCUT2D eigenvalue weighted by Gasteiger charge is -2.37. The van der Waals surface area contributed by atoms with E-state index in [-0.39, 0.29) is 23.7 Å². The topological polar surface area (TPSA) is 47.3 Å². The SMILES string of the molecule is C[C@@H]1CCN(c2cc(C#N)ccc2C(F)(F)F)C[C@H]1O. The average molecular weight is 284 g/mol. The molecule has 108 valence electrons. The average Bonchev–Trinajstić information content (AvgIpc) is 2.40. The molecule has 2 rings (SSSR count). The summed E-state index contributed by atoms with van der Waals surface area (Å²) in [7, 11) is 0. The zero-order valence-corrected chi connectivity index (χ0v) is 11.0. The van der Waals surface area contributed by atoms with E-state index >= 15 is 0 Å². The van der Waals surface area contributed by atoms with Crippen LogP contribution in [-0.2, 0) is 6.18 Å². The Morgan fingerprint density at radius 1 is 1.40 bits per heavy atom. The van der Waals surface area contributed by atoms with Gasteiger partial charge in [0.05, 0.1) is 29.0 Å². The summed E-state index contributed by atoms with van der Waals surface area (Å²) in [6.45, 7) is 2.47. The molecular formula is C14H15F3N2O. The van der Waals surface area contributed by atoms with Crippen LogP contribution in [0.2, 0.25) is 0 Å². The highest BCUT2D eigenvalue weighted by atomic mass is 19.4. The lowest BCUT2D eigenvalue weighted by molar-refractivity contribution is -0.137. The molecule has 0 unspecified atom stereocenters. The van der Waals surface area contributed by atoms with E-state index in [9.17, 15) is 18.3 Å². The molecule has 6 heteroatoms. The van der Waals surface area contributed by atoms with Crippen molar-refractivity contribution in [2.45, 2.75) is 25.6 Å². The fraction of sp³-hybridized carbons (Fsp3) is 0.500. The molecule has 1 N–H and O–H groups in total. The van der Waals surface area contributed by atoms with Gasteiger partial charge < -0.3 is 10.0 Å². The monoisotopic (exact) mass is 284 g/mol. The number of halogens is 3. The Hall–Kier alpha value is -1.74. The van der Waals surface area contributed by atoms with Crippen LogP contribution in [0.4, 0.5) is 18.9 Å². The minimum absolute atomic E-state index is 0.0255. The summed E-state index contributed by atoms with van der Waals surface area (Å²) in [4.78, 5) is 1.51. The number of nitrogens with zero attached hydrogens (tertiary/aromatic N) is 2. The Morgan fingerprint density at radius 3 is 2.65 bits per heavy atom. The van der Waals surface area contributed by atoms with Crippen LogP contribution in [-0.4, -0.2) is 24.3 Å². The van der Waals surface area contributed by atoms with Crippen LogP contribution >= 0.6 is 0 Å². The van der Waals surface area contributed by atoms with Crippen molar-refractivity contribution >= 4 is 5.69 Å². The van der Waals surface area contributed by atoms with Crippen molar-refractivity contribution in [2.75, 3.05) is 18.0 Å². The summed E-state index contributed by atoms with van der Waals surface area (Å²) in [6, 6.07) is 5.18. The molecule has 0 saturated carbocycles. The van der Waals surface area contributed by atoms with Gasteiger partial charge in [0.1, 0.15) is 0 Å². The number of nitriles is 1. The molecule has 0 amide bonds. The van der Waals surface area contributed by atoms with Crippen LogP contribution in [0.1, 0.15) is 24.5 Å². The third-order valence-corrected chi connectivity index (χ3v) is 3.69. The molecule has 0 bridgehead atoms. The molecule has 1 heterocycles.